The number of aryl methyl sites for hydroxylation is 2. The van der Waals surface area contributed by atoms with E-state index < -0.39 is 11.2 Å². The number of benzene rings is 3. The summed E-state index contributed by atoms with van der Waals surface area (Å²) in [6.07, 6.45) is 0.299. The lowest BCUT2D eigenvalue weighted by atomic mass is 10.1. The molecular weight excluding hydrogens is 501 g/mol. The Bertz CT molecular complexity index is 1380. The van der Waals surface area contributed by atoms with Crippen LogP contribution in [0.25, 0.3) is 0 Å². The van der Waals surface area contributed by atoms with E-state index >= 15 is 0 Å². The first-order chi connectivity index (χ1) is 16.8. The molecule has 1 atom stereocenters. The van der Waals surface area contributed by atoms with E-state index in [1.807, 2.05) is 44.2 Å². The highest BCUT2D eigenvalue weighted by molar-refractivity contribution is 8.05. The van der Waals surface area contributed by atoms with Gasteiger partial charge in [0.15, 0.2) is 0 Å². The molecule has 176 valence electrons. The molecule has 4 rings (SSSR count). The third-order valence-corrected chi connectivity index (χ3v) is 7.44. The number of halogens is 2. The molecule has 3 aromatic rings. The van der Waals surface area contributed by atoms with E-state index in [-0.39, 0.29) is 16.5 Å². The van der Waals surface area contributed by atoms with Crippen LogP contribution in [0.2, 0.25) is 10.0 Å². The Morgan fingerprint density at radius 1 is 1.09 bits per heavy atom. The maximum absolute atomic E-state index is 13.6. The Balaban J connectivity index is 1.74. The van der Waals surface area contributed by atoms with E-state index in [1.54, 1.807) is 42.5 Å². The molecular formula is C27H21Cl2N3O2S. The average Bonchev–Trinajstić information content (AvgIpc) is 3.15. The summed E-state index contributed by atoms with van der Waals surface area (Å²) in [6, 6.07) is 21.8. The minimum Gasteiger partial charge on any atom is -0.321 e. The van der Waals surface area contributed by atoms with Crippen molar-refractivity contribution in [2.75, 3.05) is 10.2 Å². The minimum atomic E-state index is -0.585. The Morgan fingerprint density at radius 3 is 2.54 bits per heavy atom. The zero-order valence-electron chi connectivity index (χ0n) is 19.0. The fourth-order valence-corrected chi connectivity index (χ4v) is 5.44. The van der Waals surface area contributed by atoms with E-state index in [0.717, 1.165) is 16.7 Å². The molecule has 1 aliphatic heterocycles. The van der Waals surface area contributed by atoms with Crippen LogP contribution in [0, 0.1) is 25.2 Å². The summed E-state index contributed by atoms with van der Waals surface area (Å²) in [6.45, 7) is 3.80. The van der Waals surface area contributed by atoms with Crippen molar-refractivity contribution >= 4 is 58.2 Å². The summed E-state index contributed by atoms with van der Waals surface area (Å²) in [4.78, 5) is 28.3. The van der Waals surface area contributed by atoms with Gasteiger partial charge in [0.2, 0.25) is 5.91 Å². The van der Waals surface area contributed by atoms with Crippen molar-refractivity contribution in [3.05, 3.63) is 104 Å². The van der Waals surface area contributed by atoms with Gasteiger partial charge in [0.05, 0.1) is 5.25 Å². The first kappa shape index (κ1) is 24.9. The Hall–Kier alpha value is -3.24. The smallest absolute Gasteiger partial charge is 0.269 e. The second-order valence-electron chi connectivity index (χ2n) is 8.12. The third-order valence-electron chi connectivity index (χ3n) is 5.57. The van der Waals surface area contributed by atoms with Crippen LogP contribution >= 0.6 is 35.0 Å². The van der Waals surface area contributed by atoms with E-state index in [9.17, 15) is 14.9 Å². The lowest BCUT2D eigenvalue weighted by molar-refractivity contribution is -0.117. The molecule has 0 aliphatic carbocycles. The van der Waals surface area contributed by atoms with Gasteiger partial charge in [-0.05, 0) is 73.4 Å². The molecule has 35 heavy (non-hydrogen) atoms. The van der Waals surface area contributed by atoms with E-state index in [4.69, 9.17) is 23.2 Å². The van der Waals surface area contributed by atoms with Gasteiger partial charge in [-0.15, -0.1) is 0 Å². The van der Waals surface area contributed by atoms with Crippen molar-refractivity contribution in [2.24, 2.45) is 0 Å². The largest absolute Gasteiger partial charge is 0.321 e. The van der Waals surface area contributed by atoms with Crippen LogP contribution in [0.3, 0.4) is 0 Å². The van der Waals surface area contributed by atoms with Gasteiger partial charge >= 0.3 is 0 Å². The number of rotatable bonds is 5. The van der Waals surface area contributed by atoms with Crippen molar-refractivity contribution in [3.63, 3.8) is 0 Å². The summed E-state index contributed by atoms with van der Waals surface area (Å²) in [5.74, 6) is -0.807. The predicted octanol–water partition coefficient (Wildman–Crippen LogP) is 6.68. The number of nitriles is 1. The first-order valence-electron chi connectivity index (χ1n) is 10.8. The van der Waals surface area contributed by atoms with E-state index in [1.165, 1.54) is 16.7 Å². The van der Waals surface area contributed by atoms with Gasteiger partial charge in [0.1, 0.15) is 16.7 Å². The molecule has 1 aliphatic rings. The Labute approximate surface area is 218 Å². The average molecular weight is 522 g/mol. The number of carbonyl (C=O) groups excluding carboxylic acids is 2. The fourth-order valence-electron chi connectivity index (χ4n) is 3.75. The molecule has 0 radical (unpaired) electrons. The Kier molecular flexibility index (Phi) is 7.51. The van der Waals surface area contributed by atoms with Gasteiger partial charge in [-0.3, -0.25) is 14.5 Å². The van der Waals surface area contributed by atoms with Crippen molar-refractivity contribution in [3.8, 4) is 6.07 Å². The van der Waals surface area contributed by atoms with Gasteiger partial charge in [-0.25, -0.2) is 0 Å². The van der Waals surface area contributed by atoms with Crippen molar-refractivity contribution in [2.45, 2.75) is 25.5 Å². The van der Waals surface area contributed by atoms with E-state index in [0.29, 0.717) is 27.8 Å². The summed E-state index contributed by atoms with van der Waals surface area (Å²) < 4.78 is 0. The van der Waals surface area contributed by atoms with Gasteiger partial charge in [0, 0.05) is 21.4 Å². The van der Waals surface area contributed by atoms with Gasteiger partial charge in [-0.2, -0.15) is 5.26 Å². The number of hydrogen-bond donors (Lipinski definition) is 1. The summed E-state index contributed by atoms with van der Waals surface area (Å²) in [7, 11) is 0. The number of anilines is 2. The number of hydrogen-bond acceptors (Lipinski definition) is 4. The van der Waals surface area contributed by atoms with Gasteiger partial charge in [0.25, 0.3) is 5.91 Å². The molecule has 1 heterocycles. The van der Waals surface area contributed by atoms with E-state index in [2.05, 4.69) is 5.32 Å². The summed E-state index contributed by atoms with van der Waals surface area (Å²) in [5.41, 5.74) is 3.63. The lowest BCUT2D eigenvalue weighted by Crippen LogP contribution is -2.31. The Morgan fingerprint density at radius 2 is 1.83 bits per heavy atom. The maximum Gasteiger partial charge on any atom is 0.269 e. The number of nitrogens with one attached hydrogen (secondary N) is 1. The minimum absolute atomic E-state index is 0.132. The monoisotopic (exact) mass is 521 g/mol. The molecule has 8 heteroatoms. The van der Waals surface area contributed by atoms with Crippen LogP contribution in [0.1, 0.15) is 16.7 Å². The van der Waals surface area contributed by atoms with Crippen LogP contribution in [0.15, 0.2) is 77.3 Å². The molecule has 2 amide bonds. The normalized spacial score (nSPS) is 16.7. The zero-order chi connectivity index (χ0) is 25.1. The topological polar surface area (TPSA) is 73.2 Å². The SMILES string of the molecule is Cc1ccc(C)c(NC(=O)/C(C#N)=C2\S[C@H](Cc3cc(Cl)ccc3Cl)C(=O)N2c2ccccc2)c1. The quantitative estimate of drug-likeness (QED) is 0.300. The molecule has 1 fully saturated rings. The van der Waals surface area contributed by atoms with Crippen molar-refractivity contribution in [1.29, 1.82) is 5.26 Å². The highest BCUT2D eigenvalue weighted by atomic mass is 35.5. The molecule has 5 nitrogen and oxygen atoms in total. The lowest BCUT2D eigenvalue weighted by Gasteiger charge is -2.19. The molecule has 0 unspecified atom stereocenters. The highest BCUT2D eigenvalue weighted by Crippen LogP contribution is 2.42. The number of thioether (sulfide) groups is 1. The third kappa shape index (κ3) is 5.38. The highest BCUT2D eigenvalue weighted by Gasteiger charge is 2.41. The van der Waals surface area contributed by atoms with Crippen LogP contribution in [-0.2, 0) is 16.0 Å². The maximum atomic E-state index is 13.6. The molecule has 0 saturated carbocycles. The van der Waals surface area contributed by atoms with Crippen LogP contribution in [0.5, 0.6) is 0 Å². The van der Waals surface area contributed by atoms with Gasteiger partial charge < -0.3 is 5.32 Å². The molecule has 0 aromatic heterocycles. The van der Waals surface area contributed by atoms with Crippen molar-refractivity contribution in [1.82, 2.24) is 0 Å². The molecule has 0 spiro atoms. The predicted molar refractivity (Wildman–Crippen MR) is 143 cm³/mol. The second-order valence-corrected chi connectivity index (χ2v) is 10.2. The van der Waals surface area contributed by atoms with Crippen LogP contribution in [0.4, 0.5) is 11.4 Å². The van der Waals surface area contributed by atoms with Crippen LogP contribution < -0.4 is 10.2 Å². The number of amides is 2. The number of para-hydroxylation sites is 1. The number of nitrogens with zero attached hydrogens (tertiary/aromatic N) is 2. The first-order valence-corrected chi connectivity index (χ1v) is 12.4. The van der Waals surface area contributed by atoms with Crippen LogP contribution in [-0.4, -0.2) is 17.1 Å². The number of carbonyl (C=O) groups is 2. The zero-order valence-corrected chi connectivity index (χ0v) is 21.3. The molecule has 1 N–H and O–H groups in total. The second kappa shape index (κ2) is 10.6. The molecule has 0 bridgehead atoms. The van der Waals surface area contributed by atoms with Crippen molar-refractivity contribution < 1.29 is 9.59 Å². The molecule has 1 saturated heterocycles. The summed E-state index contributed by atoms with van der Waals surface area (Å²) >= 11 is 13.7. The standard InChI is InChI=1S/C27H21Cl2N3O2S/c1-16-8-9-17(2)23(12-16)31-25(33)21(15-30)27-32(20-6-4-3-5-7-20)26(34)24(35-27)14-18-13-19(28)10-11-22(18)29/h3-13,24H,14H2,1-2H3,(H,31,33)/b27-21-/t24-/m1/s1. The molecule has 3 aromatic carbocycles. The van der Waals surface area contributed by atoms with Gasteiger partial charge in [-0.1, -0.05) is 65.3 Å². The fraction of sp³-hybridized carbons (Fsp3) is 0.148. The summed E-state index contributed by atoms with van der Waals surface area (Å²) in [5, 5.41) is 13.6.